The van der Waals surface area contributed by atoms with Gasteiger partial charge in [0, 0.05) is 19.3 Å². The van der Waals surface area contributed by atoms with E-state index in [9.17, 15) is 9.59 Å². The van der Waals surface area contributed by atoms with Gasteiger partial charge in [-0.2, -0.15) is 0 Å². The van der Waals surface area contributed by atoms with Crippen molar-refractivity contribution in [1.82, 2.24) is 20.4 Å². The average Bonchev–Trinajstić information content (AvgIpc) is 3.79. The average molecular weight is 704 g/mol. The molecule has 0 fully saturated rings. The molecule has 0 aliphatic rings. The fourth-order valence-electron chi connectivity index (χ4n) is 5.11. The van der Waals surface area contributed by atoms with E-state index in [1.165, 1.54) is 22.7 Å². The van der Waals surface area contributed by atoms with Crippen LogP contribution in [-0.4, -0.2) is 32.1 Å². The highest BCUT2D eigenvalue weighted by atomic mass is 32.1. The number of anilines is 1. The summed E-state index contributed by atoms with van der Waals surface area (Å²) >= 11 is 2.89. The SMILES string of the molecule is O=C(Cc1ccc(OCc2ccccc2)cc1)Cc1nnc(CCCCc2nnc(NC(=O)Cc3ccc(OCc4ccccc4)cc3)s2)s1. The Morgan fingerprint density at radius 3 is 1.60 bits per heavy atom. The van der Waals surface area contributed by atoms with E-state index < -0.39 is 0 Å². The number of nitrogens with one attached hydrogen (secondary N) is 1. The summed E-state index contributed by atoms with van der Waals surface area (Å²) in [5.74, 6) is 1.49. The third kappa shape index (κ3) is 11.1. The molecular weight excluding hydrogens is 667 g/mol. The summed E-state index contributed by atoms with van der Waals surface area (Å²) < 4.78 is 11.7. The van der Waals surface area contributed by atoms with E-state index in [4.69, 9.17) is 9.47 Å². The highest BCUT2D eigenvalue weighted by molar-refractivity contribution is 7.15. The molecule has 9 nitrogen and oxygen atoms in total. The summed E-state index contributed by atoms with van der Waals surface area (Å²) in [4.78, 5) is 25.3. The van der Waals surface area contributed by atoms with Gasteiger partial charge in [0.05, 0.1) is 12.8 Å². The first kappa shape index (κ1) is 34.6. The summed E-state index contributed by atoms with van der Waals surface area (Å²) in [5.41, 5.74) is 4.04. The Morgan fingerprint density at radius 1 is 0.520 bits per heavy atom. The minimum absolute atomic E-state index is 0.104. The highest BCUT2D eigenvalue weighted by Gasteiger charge is 2.12. The third-order valence-corrected chi connectivity index (χ3v) is 9.59. The van der Waals surface area contributed by atoms with Crippen LogP contribution in [0.25, 0.3) is 0 Å². The minimum atomic E-state index is -0.141. The first-order chi connectivity index (χ1) is 24.5. The molecule has 6 rings (SSSR count). The van der Waals surface area contributed by atoms with Crippen molar-refractivity contribution in [2.45, 2.75) is 58.2 Å². The summed E-state index contributed by atoms with van der Waals surface area (Å²) in [7, 11) is 0. The number of ketones is 1. The van der Waals surface area contributed by atoms with Crippen LogP contribution in [0.4, 0.5) is 5.13 Å². The highest BCUT2D eigenvalue weighted by Crippen LogP contribution is 2.21. The topological polar surface area (TPSA) is 116 Å². The number of Topliss-reactive ketones (excluding diaryl/α,β-unsaturated/α-hetero) is 1. The Balaban J connectivity index is 0.853. The molecule has 0 aliphatic carbocycles. The number of nitrogens with zero attached hydrogens (tertiary/aromatic N) is 4. The van der Waals surface area contributed by atoms with Crippen LogP contribution in [0.3, 0.4) is 0 Å². The maximum atomic E-state index is 12.7. The quantitative estimate of drug-likeness (QED) is 0.0908. The van der Waals surface area contributed by atoms with Crippen LogP contribution >= 0.6 is 22.7 Å². The van der Waals surface area contributed by atoms with Crippen LogP contribution in [0.5, 0.6) is 11.5 Å². The summed E-state index contributed by atoms with van der Waals surface area (Å²) in [6.07, 6.45) is 4.22. The molecule has 0 saturated heterocycles. The van der Waals surface area contributed by atoms with Gasteiger partial charge in [-0.25, -0.2) is 0 Å². The van der Waals surface area contributed by atoms with Crippen LogP contribution in [-0.2, 0) is 54.9 Å². The Morgan fingerprint density at radius 2 is 1.02 bits per heavy atom. The smallest absolute Gasteiger partial charge is 0.230 e. The molecule has 0 atom stereocenters. The van der Waals surface area contributed by atoms with Crippen molar-refractivity contribution in [2.75, 3.05) is 5.32 Å². The van der Waals surface area contributed by atoms with Crippen LogP contribution in [0.15, 0.2) is 109 Å². The largest absolute Gasteiger partial charge is 0.489 e. The lowest BCUT2D eigenvalue weighted by molar-refractivity contribution is -0.118. The van der Waals surface area contributed by atoms with Gasteiger partial charge >= 0.3 is 0 Å². The van der Waals surface area contributed by atoms with E-state index in [0.29, 0.717) is 24.8 Å². The molecule has 0 bridgehead atoms. The number of rotatable bonds is 18. The van der Waals surface area contributed by atoms with E-state index in [1.54, 1.807) is 0 Å². The van der Waals surface area contributed by atoms with Gasteiger partial charge < -0.3 is 14.8 Å². The fourth-order valence-corrected chi connectivity index (χ4v) is 6.83. The predicted octanol–water partition coefficient (Wildman–Crippen LogP) is 7.65. The number of unbranched alkanes of at least 4 members (excludes halogenated alkanes) is 1. The van der Waals surface area contributed by atoms with Crippen molar-refractivity contribution in [3.63, 3.8) is 0 Å². The molecule has 2 aromatic heterocycles. The second kappa shape index (κ2) is 17.9. The van der Waals surface area contributed by atoms with Gasteiger partial charge in [0.25, 0.3) is 0 Å². The van der Waals surface area contributed by atoms with Gasteiger partial charge in [0.15, 0.2) is 0 Å². The first-order valence-electron chi connectivity index (χ1n) is 16.5. The molecule has 1 amide bonds. The molecule has 6 aromatic rings. The lowest BCUT2D eigenvalue weighted by atomic mass is 10.1. The summed E-state index contributed by atoms with van der Waals surface area (Å²) in [6, 6.07) is 35.2. The monoisotopic (exact) mass is 703 g/mol. The summed E-state index contributed by atoms with van der Waals surface area (Å²) in [6.45, 7) is 1.00. The van der Waals surface area contributed by atoms with Gasteiger partial charge in [-0.1, -0.05) is 96.3 Å². The first-order valence-corrected chi connectivity index (χ1v) is 18.1. The molecule has 254 valence electrons. The van der Waals surface area contributed by atoms with Crippen molar-refractivity contribution in [1.29, 1.82) is 0 Å². The second-order valence-electron chi connectivity index (χ2n) is 11.8. The molecule has 0 spiro atoms. The zero-order valence-electron chi connectivity index (χ0n) is 27.5. The number of benzene rings is 4. The van der Waals surface area contributed by atoms with Crippen LogP contribution < -0.4 is 14.8 Å². The van der Waals surface area contributed by atoms with E-state index in [0.717, 1.165) is 74.5 Å². The molecule has 4 aromatic carbocycles. The van der Waals surface area contributed by atoms with E-state index in [2.05, 4.69) is 25.7 Å². The van der Waals surface area contributed by atoms with Crippen molar-refractivity contribution in [3.05, 3.63) is 146 Å². The zero-order chi connectivity index (χ0) is 34.4. The van der Waals surface area contributed by atoms with Gasteiger partial charge in [-0.15, -0.1) is 31.7 Å². The number of hydrogen-bond acceptors (Lipinski definition) is 10. The van der Waals surface area contributed by atoms with Crippen LogP contribution in [0.1, 0.15) is 50.1 Å². The van der Waals surface area contributed by atoms with E-state index in [1.807, 2.05) is 109 Å². The molecule has 2 heterocycles. The lowest BCUT2D eigenvalue weighted by Gasteiger charge is -2.07. The molecule has 50 heavy (non-hydrogen) atoms. The Labute approximate surface area is 299 Å². The van der Waals surface area contributed by atoms with E-state index >= 15 is 0 Å². The normalized spacial score (nSPS) is 10.9. The zero-order valence-corrected chi connectivity index (χ0v) is 29.1. The molecule has 11 heteroatoms. The van der Waals surface area contributed by atoms with Crippen LogP contribution in [0, 0.1) is 0 Å². The van der Waals surface area contributed by atoms with Gasteiger partial charge in [0.1, 0.15) is 45.5 Å². The Hall–Kier alpha value is -5.26. The number of aryl methyl sites for hydroxylation is 2. The molecule has 0 unspecified atom stereocenters. The molecule has 1 N–H and O–H groups in total. The maximum absolute atomic E-state index is 12.7. The van der Waals surface area contributed by atoms with Crippen molar-refractivity contribution >= 4 is 39.5 Å². The molecule has 0 saturated carbocycles. The number of hydrogen-bond donors (Lipinski definition) is 1. The number of amides is 1. The second-order valence-corrected chi connectivity index (χ2v) is 14.0. The molecule has 0 aliphatic heterocycles. The number of carbonyl (C=O) groups excluding carboxylic acids is 2. The van der Waals surface area contributed by atoms with E-state index in [-0.39, 0.29) is 24.5 Å². The standard InChI is InChI=1S/C39H37N5O4S2/c45-32(23-28-15-19-33(20-16-28)47-26-30-9-3-1-4-10-30)25-38-43-41-36(49-38)13-7-8-14-37-42-44-39(50-37)40-35(46)24-29-17-21-34(22-18-29)48-27-31-11-5-2-6-12-31/h1-6,9-12,15-22H,7-8,13-14,23-27H2,(H,40,44,46). The lowest BCUT2D eigenvalue weighted by Crippen LogP contribution is -2.14. The molecule has 0 radical (unpaired) electrons. The Kier molecular flexibility index (Phi) is 12.4. The van der Waals surface area contributed by atoms with Crippen LogP contribution in [0.2, 0.25) is 0 Å². The van der Waals surface area contributed by atoms with Gasteiger partial charge in [-0.05, 0) is 59.4 Å². The van der Waals surface area contributed by atoms with Crippen molar-refractivity contribution in [2.24, 2.45) is 0 Å². The number of carbonyl (C=O) groups is 2. The third-order valence-electron chi connectivity index (χ3n) is 7.71. The molecular formula is C39H37N5O4S2. The fraction of sp³-hybridized carbons (Fsp3) is 0.231. The number of ether oxygens (including phenoxy) is 2. The minimum Gasteiger partial charge on any atom is -0.489 e. The van der Waals surface area contributed by atoms with Gasteiger partial charge in [0.2, 0.25) is 11.0 Å². The summed E-state index contributed by atoms with van der Waals surface area (Å²) in [5, 5.41) is 22.8. The van der Waals surface area contributed by atoms with Crippen molar-refractivity contribution < 1.29 is 19.1 Å². The number of aromatic nitrogens is 4. The van der Waals surface area contributed by atoms with Gasteiger partial charge in [-0.3, -0.25) is 9.59 Å². The predicted molar refractivity (Wildman–Crippen MR) is 196 cm³/mol. The van der Waals surface area contributed by atoms with Crippen molar-refractivity contribution in [3.8, 4) is 11.5 Å². The Bertz CT molecular complexity index is 1800. The maximum Gasteiger partial charge on any atom is 0.230 e.